The number of hydrogen-bond donors (Lipinski definition) is 1. The van der Waals surface area contributed by atoms with E-state index in [2.05, 4.69) is 44.7 Å². The van der Waals surface area contributed by atoms with E-state index < -0.39 is 0 Å². The molecule has 0 atom stereocenters. The molecule has 0 unspecified atom stereocenters. The van der Waals surface area contributed by atoms with E-state index in [0.29, 0.717) is 23.0 Å². The van der Waals surface area contributed by atoms with Crippen molar-refractivity contribution in [2.24, 2.45) is 5.92 Å². The van der Waals surface area contributed by atoms with Crippen LogP contribution in [0.3, 0.4) is 0 Å². The van der Waals surface area contributed by atoms with Gasteiger partial charge in [0.05, 0.1) is 0 Å². The van der Waals surface area contributed by atoms with Crippen molar-refractivity contribution in [2.45, 2.75) is 20.3 Å². The Labute approximate surface area is 130 Å². The summed E-state index contributed by atoms with van der Waals surface area (Å²) in [5.74, 6) is 0.472. The second-order valence-electron chi connectivity index (χ2n) is 4.90. The van der Waals surface area contributed by atoms with Crippen molar-refractivity contribution < 1.29 is 4.79 Å². The summed E-state index contributed by atoms with van der Waals surface area (Å²) in [6.45, 7) is 4.94. The first-order valence-electron chi connectivity index (χ1n) is 6.44. The Bertz CT molecular complexity index is 580. The fourth-order valence-corrected chi connectivity index (χ4v) is 2.56. The molecule has 0 aliphatic heterocycles. The Hall–Kier alpha value is -1.27. The topological polar surface area (TPSA) is 54.9 Å². The van der Waals surface area contributed by atoms with Gasteiger partial charge in [-0.15, -0.1) is 5.10 Å². The molecule has 0 spiro atoms. The summed E-state index contributed by atoms with van der Waals surface area (Å²) in [7, 11) is 0. The highest BCUT2D eigenvalue weighted by molar-refractivity contribution is 9.10. The van der Waals surface area contributed by atoms with Gasteiger partial charge in [-0.3, -0.25) is 4.79 Å². The molecule has 1 N–H and O–H groups in total. The predicted octanol–water partition coefficient (Wildman–Crippen LogP) is 3.74. The SMILES string of the molecule is CC(C)CCNC(=O)c1snnc1-c1ccc(Br)cc1. The van der Waals surface area contributed by atoms with Gasteiger partial charge in [-0.25, -0.2) is 0 Å². The second-order valence-corrected chi connectivity index (χ2v) is 6.57. The molecule has 0 aliphatic carbocycles. The zero-order valence-electron chi connectivity index (χ0n) is 11.4. The van der Waals surface area contributed by atoms with Gasteiger partial charge in [0, 0.05) is 16.6 Å². The minimum atomic E-state index is -0.0985. The molecule has 2 rings (SSSR count). The summed E-state index contributed by atoms with van der Waals surface area (Å²) in [4.78, 5) is 12.7. The van der Waals surface area contributed by atoms with Crippen molar-refractivity contribution >= 4 is 33.4 Å². The van der Waals surface area contributed by atoms with Crippen molar-refractivity contribution in [3.8, 4) is 11.3 Å². The molecule has 0 fully saturated rings. The third kappa shape index (κ3) is 3.86. The lowest BCUT2D eigenvalue weighted by molar-refractivity contribution is 0.0956. The number of aromatic nitrogens is 2. The van der Waals surface area contributed by atoms with E-state index in [4.69, 9.17) is 0 Å². The lowest BCUT2D eigenvalue weighted by atomic mass is 10.1. The van der Waals surface area contributed by atoms with Crippen LogP contribution in [0.5, 0.6) is 0 Å². The van der Waals surface area contributed by atoms with Crippen molar-refractivity contribution in [1.29, 1.82) is 0 Å². The van der Waals surface area contributed by atoms with Crippen molar-refractivity contribution in [2.75, 3.05) is 6.54 Å². The average molecular weight is 354 g/mol. The van der Waals surface area contributed by atoms with Gasteiger partial charge < -0.3 is 5.32 Å². The average Bonchev–Trinajstić information content (AvgIpc) is 2.88. The molecule has 20 heavy (non-hydrogen) atoms. The molecule has 1 heterocycles. The maximum Gasteiger partial charge on any atom is 0.265 e. The maximum atomic E-state index is 12.2. The number of carbonyl (C=O) groups excluding carboxylic acids is 1. The largest absolute Gasteiger partial charge is 0.351 e. The molecular weight excluding hydrogens is 338 g/mol. The number of rotatable bonds is 5. The molecule has 2 aromatic rings. The lowest BCUT2D eigenvalue weighted by Crippen LogP contribution is -2.25. The highest BCUT2D eigenvalue weighted by Gasteiger charge is 2.17. The number of nitrogens with one attached hydrogen (secondary N) is 1. The van der Waals surface area contributed by atoms with Gasteiger partial charge in [0.15, 0.2) is 0 Å². The number of amides is 1. The molecule has 106 valence electrons. The third-order valence-electron chi connectivity index (χ3n) is 2.82. The quantitative estimate of drug-likeness (QED) is 0.890. The van der Waals surface area contributed by atoms with Gasteiger partial charge in [0.2, 0.25) is 0 Å². The van der Waals surface area contributed by atoms with Crippen LogP contribution in [0.4, 0.5) is 0 Å². The minimum absolute atomic E-state index is 0.0985. The van der Waals surface area contributed by atoms with E-state index >= 15 is 0 Å². The Morgan fingerprint density at radius 2 is 2.05 bits per heavy atom. The van der Waals surface area contributed by atoms with E-state index in [1.807, 2.05) is 24.3 Å². The van der Waals surface area contributed by atoms with Gasteiger partial charge in [0.1, 0.15) is 10.6 Å². The Balaban J connectivity index is 2.12. The summed E-state index contributed by atoms with van der Waals surface area (Å²) in [5.41, 5.74) is 1.54. The molecule has 6 heteroatoms. The van der Waals surface area contributed by atoms with Gasteiger partial charge >= 0.3 is 0 Å². The molecule has 0 saturated heterocycles. The molecular formula is C14H16BrN3OS. The van der Waals surface area contributed by atoms with Crippen LogP contribution in [-0.4, -0.2) is 22.0 Å². The van der Waals surface area contributed by atoms with Crippen LogP contribution >= 0.6 is 27.5 Å². The summed E-state index contributed by atoms with van der Waals surface area (Å²) >= 11 is 4.52. The summed E-state index contributed by atoms with van der Waals surface area (Å²) in [6.07, 6.45) is 0.964. The number of halogens is 1. The van der Waals surface area contributed by atoms with Crippen molar-refractivity contribution in [3.05, 3.63) is 33.6 Å². The molecule has 0 radical (unpaired) electrons. The second kappa shape index (κ2) is 6.95. The molecule has 1 amide bonds. The molecule has 0 bridgehead atoms. The van der Waals surface area contributed by atoms with Crippen LogP contribution < -0.4 is 5.32 Å². The van der Waals surface area contributed by atoms with E-state index in [-0.39, 0.29) is 5.91 Å². The lowest BCUT2D eigenvalue weighted by Gasteiger charge is -2.06. The summed E-state index contributed by atoms with van der Waals surface area (Å²) in [6, 6.07) is 7.70. The highest BCUT2D eigenvalue weighted by Crippen LogP contribution is 2.25. The van der Waals surface area contributed by atoms with Crippen LogP contribution in [0.2, 0.25) is 0 Å². The highest BCUT2D eigenvalue weighted by atomic mass is 79.9. The smallest absolute Gasteiger partial charge is 0.265 e. The fraction of sp³-hybridized carbons (Fsp3) is 0.357. The summed E-state index contributed by atoms with van der Waals surface area (Å²) in [5, 5.41) is 6.99. The van der Waals surface area contributed by atoms with Crippen molar-refractivity contribution in [3.63, 3.8) is 0 Å². The van der Waals surface area contributed by atoms with Crippen LogP contribution in [0.25, 0.3) is 11.3 Å². The number of hydrogen-bond acceptors (Lipinski definition) is 4. The van der Waals surface area contributed by atoms with E-state index in [9.17, 15) is 4.79 Å². The molecule has 1 aromatic heterocycles. The Morgan fingerprint density at radius 3 is 2.70 bits per heavy atom. The number of nitrogens with zero attached hydrogens (tertiary/aromatic N) is 2. The third-order valence-corrected chi connectivity index (χ3v) is 4.07. The normalized spacial score (nSPS) is 10.8. The number of benzene rings is 1. The molecule has 0 saturated carbocycles. The summed E-state index contributed by atoms with van der Waals surface area (Å²) < 4.78 is 4.90. The fourth-order valence-electron chi connectivity index (χ4n) is 1.69. The van der Waals surface area contributed by atoms with Crippen LogP contribution in [-0.2, 0) is 0 Å². The standard InChI is InChI=1S/C14H16BrN3OS/c1-9(2)7-8-16-14(19)13-12(17-18-20-13)10-3-5-11(15)6-4-10/h3-6,9H,7-8H2,1-2H3,(H,16,19). The molecule has 0 aliphatic rings. The molecule has 1 aromatic carbocycles. The number of carbonyl (C=O) groups is 1. The van der Waals surface area contributed by atoms with Crippen LogP contribution in [0.15, 0.2) is 28.7 Å². The first-order chi connectivity index (χ1) is 9.58. The van der Waals surface area contributed by atoms with E-state index in [1.54, 1.807) is 0 Å². The van der Waals surface area contributed by atoms with Crippen molar-refractivity contribution in [1.82, 2.24) is 14.9 Å². The van der Waals surface area contributed by atoms with Crippen LogP contribution in [0.1, 0.15) is 29.9 Å². The molecule has 4 nitrogen and oxygen atoms in total. The zero-order valence-corrected chi connectivity index (χ0v) is 13.8. The van der Waals surface area contributed by atoms with Gasteiger partial charge in [-0.2, -0.15) is 0 Å². The monoisotopic (exact) mass is 353 g/mol. The van der Waals surface area contributed by atoms with Gasteiger partial charge in [0.25, 0.3) is 5.91 Å². The van der Waals surface area contributed by atoms with Crippen LogP contribution in [0, 0.1) is 5.92 Å². The first-order valence-corrected chi connectivity index (χ1v) is 8.01. The van der Waals surface area contributed by atoms with Gasteiger partial charge in [-0.05, 0) is 36.0 Å². The Morgan fingerprint density at radius 1 is 1.35 bits per heavy atom. The minimum Gasteiger partial charge on any atom is -0.351 e. The Kier molecular flexibility index (Phi) is 5.25. The first kappa shape index (κ1) is 15.1. The van der Waals surface area contributed by atoms with E-state index in [0.717, 1.165) is 28.0 Å². The van der Waals surface area contributed by atoms with Gasteiger partial charge in [-0.1, -0.05) is 46.4 Å². The van der Waals surface area contributed by atoms with E-state index in [1.165, 1.54) is 0 Å². The maximum absolute atomic E-state index is 12.2. The predicted molar refractivity (Wildman–Crippen MR) is 84.8 cm³/mol. The zero-order chi connectivity index (χ0) is 14.5.